The van der Waals surface area contributed by atoms with Crippen molar-refractivity contribution in [3.63, 3.8) is 0 Å². The fraction of sp³-hybridized carbons (Fsp3) is 0.971. The van der Waals surface area contributed by atoms with Crippen LogP contribution in [-0.2, 0) is 14.3 Å². The van der Waals surface area contributed by atoms with Crippen LogP contribution < -0.4 is 0 Å². The smallest absolute Gasteiger partial charge is 0.303 e. The molecule has 1 unspecified atom stereocenters. The van der Waals surface area contributed by atoms with Crippen LogP contribution in [-0.4, -0.2) is 71.2 Å². The molecular formula is C34H57NO5. The molecule has 40 heavy (non-hydrogen) atoms. The molecule has 0 radical (unpaired) electrons. The number of carbonyl (C=O) groups excluding carboxylic acids is 1. The number of esters is 1. The first kappa shape index (κ1) is 29.4. The van der Waals surface area contributed by atoms with Crippen molar-refractivity contribution in [2.24, 2.45) is 50.7 Å². The predicted molar refractivity (Wildman–Crippen MR) is 155 cm³/mol. The first-order chi connectivity index (χ1) is 18.4. The molecule has 6 rings (SSSR count). The second kappa shape index (κ2) is 8.70. The second-order valence-electron chi connectivity index (χ2n) is 17.2. The van der Waals surface area contributed by atoms with Crippen molar-refractivity contribution in [2.75, 3.05) is 14.1 Å². The highest BCUT2D eigenvalue weighted by molar-refractivity contribution is 5.66. The van der Waals surface area contributed by atoms with Crippen molar-refractivity contribution in [3.8, 4) is 0 Å². The summed E-state index contributed by atoms with van der Waals surface area (Å²) in [5.74, 6) is 1.42. The van der Waals surface area contributed by atoms with E-state index >= 15 is 0 Å². The number of ether oxygens (including phenoxy) is 2. The highest BCUT2D eigenvalue weighted by atomic mass is 16.6. The first-order valence-electron chi connectivity index (χ1n) is 16.3. The van der Waals surface area contributed by atoms with Gasteiger partial charge in [-0.25, -0.2) is 0 Å². The van der Waals surface area contributed by atoms with Gasteiger partial charge in [0.1, 0.15) is 0 Å². The Balaban J connectivity index is 1.33. The summed E-state index contributed by atoms with van der Waals surface area (Å²) in [4.78, 5) is 14.5. The van der Waals surface area contributed by atoms with Crippen molar-refractivity contribution in [1.82, 2.24) is 4.90 Å². The van der Waals surface area contributed by atoms with Gasteiger partial charge in [-0.05, 0) is 125 Å². The molecule has 0 aromatic heterocycles. The number of rotatable bonds is 4. The summed E-state index contributed by atoms with van der Waals surface area (Å²) in [5, 5.41) is 23.4. The fourth-order valence-corrected chi connectivity index (χ4v) is 13.3. The van der Waals surface area contributed by atoms with E-state index in [0.717, 1.165) is 18.8 Å². The summed E-state index contributed by atoms with van der Waals surface area (Å²) in [7, 11) is 4.53. The van der Waals surface area contributed by atoms with Crippen molar-refractivity contribution in [3.05, 3.63) is 0 Å². The zero-order chi connectivity index (χ0) is 29.4. The SMILES string of the molecule is CC(=O)O[C@@H]([C@H]1C[C@@H](C)[C@H]2[C@H](O1)[C@H](O)[C@@]1(C)[C@@H]3CC[C@H]4C(C)(C)C(N(C)C)CC[C@@]45C[C@@]35CC[C@]21C)C(C)(C)O. The topological polar surface area (TPSA) is 79.2 Å². The zero-order valence-corrected chi connectivity index (χ0v) is 26.9. The van der Waals surface area contributed by atoms with Crippen LogP contribution in [0, 0.1) is 50.7 Å². The van der Waals surface area contributed by atoms with E-state index in [1.807, 2.05) is 0 Å². The van der Waals surface area contributed by atoms with Gasteiger partial charge in [0.15, 0.2) is 6.10 Å². The van der Waals surface area contributed by atoms with Gasteiger partial charge in [-0.1, -0.05) is 34.6 Å². The highest BCUT2D eigenvalue weighted by Crippen LogP contribution is 2.89. The third-order valence-corrected chi connectivity index (χ3v) is 14.8. The second-order valence-corrected chi connectivity index (χ2v) is 17.2. The average molecular weight is 560 g/mol. The molecular weight excluding hydrogens is 502 g/mol. The number of hydrogen-bond acceptors (Lipinski definition) is 6. The van der Waals surface area contributed by atoms with E-state index in [0.29, 0.717) is 34.1 Å². The molecule has 6 heteroatoms. The number of nitrogens with zero attached hydrogens (tertiary/aromatic N) is 1. The van der Waals surface area contributed by atoms with Crippen LogP contribution in [0.3, 0.4) is 0 Å². The van der Waals surface area contributed by atoms with Crippen LogP contribution >= 0.6 is 0 Å². The molecule has 1 heterocycles. The van der Waals surface area contributed by atoms with Crippen molar-refractivity contribution < 1.29 is 24.5 Å². The van der Waals surface area contributed by atoms with Gasteiger partial charge in [0.2, 0.25) is 0 Å². The number of fused-ring (bicyclic) bond motifs is 4. The molecule has 6 aliphatic rings. The Morgan fingerprint density at radius 2 is 1.65 bits per heavy atom. The lowest BCUT2D eigenvalue weighted by Gasteiger charge is -2.64. The summed E-state index contributed by atoms with van der Waals surface area (Å²) in [6.07, 6.45) is 7.55. The largest absolute Gasteiger partial charge is 0.457 e. The van der Waals surface area contributed by atoms with Crippen molar-refractivity contribution >= 4 is 5.97 Å². The third kappa shape index (κ3) is 3.46. The van der Waals surface area contributed by atoms with Gasteiger partial charge in [-0.2, -0.15) is 0 Å². The number of hydrogen-bond donors (Lipinski definition) is 2. The zero-order valence-electron chi connectivity index (χ0n) is 26.9. The first-order valence-corrected chi connectivity index (χ1v) is 16.3. The molecule has 0 aromatic carbocycles. The molecule has 0 amide bonds. The summed E-state index contributed by atoms with van der Waals surface area (Å²) in [6.45, 7) is 17.1. The number of carbonyl (C=O) groups is 1. The molecule has 2 spiro atoms. The van der Waals surface area contributed by atoms with Gasteiger partial charge in [-0.3, -0.25) is 4.79 Å². The van der Waals surface area contributed by atoms with Crippen molar-refractivity contribution in [1.29, 1.82) is 0 Å². The van der Waals surface area contributed by atoms with Crippen LogP contribution in [0.1, 0.15) is 107 Å². The van der Waals surface area contributed by atoms with E-state index in [-0.39, 0.29) is 22.9 Å². The van der Waals surface area contributed by atoms with E-state index in [9.17, 15) is 15.0 Å². The van der Waals surface area contributed by atoms with E-state index in [1.165, 1.54) is 45.4 Å². The minimum absolute atomic E-state index is 0.00395. The van der Waals surface area contributed by atoms with E-state index < -0.39 is 29.9 Å². The van der Waals surface area contributed by atoms with Crippen molar-refractivity contribution in [2.45, 2.75) is 143 Å². The molecule has 0 aromatic rings. The Labute approximate surface area is 242 Å². The van der Waals surface area contributed by atoms with Crippen LogP contribution in [0.15, 0.2) is 0 Å². The molecule has 1 saturated heterocycles. The molecule has 6 fully saturated rings. The van der Waals surface area contributed by atoms with E-state index in [4.69, 9.17) is 9.47 Å². The number of aliphatic hydroxyl groups is 2. The summed E-state index contributed by atoms with van der Waals surface area (Å²) < 4.78 is 12.5. The van der Waals surface area contributed by atoms with Gasteiger partial charge < -0.3 is 24.6 Å². The van der Waals surface area contributed by atoms with Gasteiger partial charge in [0.25, 0.3) is 0 Å². The van der Waals surface area contributed by atoms with E-state index in [1.54, 1.807) is 13.8 Å². The minimum atomic E-state index is -1.23. The Morgan fingerprint density at radius 3 is 2.25 bits per heavy atom. The molecule has 2 N–H and O–H groups in total. The van der Waals surface area contributed by atoms with Gasteiger partial charge in [0.05, 0.1) is 23.9 Å². The maximum Gasteiger partial charge on any atom is 0.303 e. The summed E-state index contributed by atoms with van der Waals surface area (Å²) in [5.41, 5.74) is -0.367. The monoisotopic (exact) mass is 559 g/mol. The van der Waals surface area contributed by atoms with Gasteiger partial charge in [-0.15, -0.1) is 0 Å². The Bertz CT molecular complexity index is 1050. The Kier molecular flexibility index (Phi) is 6.39. The summed E-state index contributed by atoms with van der Waals surface area (Å²) in [6, 6.07) is 0.633. The lowest BCUT2D eigenvalue weighted by molar-refractivity contribution is -0.216. The quantitative estimate of drug-likeness (QED) is 0.447. The number of aliphatic hydroxyl groups excluding tert-OH is 1. The Morgan fingerprint density at radius 1 is 1.02 bits per heavy atom. The van der Waals surface area contributed by atoms with E-state index in [2.05, 4.69) is 53.6 Å². The maximum absolute atomic E-state index is 12.4. The van der Waals surface area contributed by atoms with Crippen LogP contribution in [0.25, 0.3) is 0 Å². The third-order valence-electron chi connectivity index (χ3n) is 14.8. The lowest BCUT2D eigenvalue weighted by Crippen LogP contribution is -2.60. The lowest BCUT2D eigenvalue weighted by atomic mass is 9.41. The maximum atomic E-state index is 12.4. The summed E-state index contributed by atoms with van der Waals surface area (Å²) >= 11 is 0. The Hall–Kier alpha value is -0.690. The van der Waals surface area contributed by atoms with Gasteiger partial charge >= 0.3 is 5.97 Å². The predicted octanol–water partition coefficient (Wildman–Crippen LogP) is 5.43. The van der Waals surface area contributed by atoms with Gasteiger partial charge in [0, 0.05) is 18.4 Å². The molecule has 1 aliphatic heterocycles. The standard InChI is InChI=1S/C34H57NO5/c1-19-17-21(28(30(5,6)38)39-20(2)36)40-26-25(19)31(7)15-16-34-18-33(34)14-13-24(35(9)10)29(3,4)22(33)11-12-23(34)32(31,8)27(26)37/h19,21-28,37-38H,11-18H2,1-10H3/t19-,21-,22+,23+,24?,25+,26+,27+,28+,31-,32-,33-,34+/m1/s1. The molecule has 13 atom stereocenters. The minimum Gasteiger partial charge on any atom is -0.457 e. The van der Waals surface area contributed by atoms with Crippen LogP contribution in [0.4, 0.5) is 0 Å². The normalized spacial score (nSPS) is 53.4. The molecule has 0 bridgehead atoms. The van der Waals surface area contributed by atoms with Crippen LogP contribution in [0.5, 0.6) is 0 Å². The molecule has 5 saturated carbocycles. The average Bonchev–Trinajstić information content (AvgIpc) is 3.45. The molecule has 6 nitrogen and oxygen atoms in total. The van der Waals surface area contributed by atoms with Crippen LogP contribution in [0.2, 0.25) is 0 Å². The molecule has 5 aliphatic carbocycles. The fourth-order valence-electron chi connectivity index (χ4n) is 13.3. The molecule has 228 valence electrons. The highest BCUT2D eigenvalue weighted by Gasteiger charge is 2.84.